The highest BCUT2D eigenvalue weighted by molar-refractivity contribution is 5.02. The minimum absolute atomic E-state index is 0.370. The number of nitrogens with one attached hydrogen (secondary N) is 1. The van der Waals surface area contributed by atoms with Gasteiger partial charge >= 0.3 is 0 Å². The number of ether oxygens (including phenoxy) is 1. The number of methoxy groups -OCH3 is 1. The van der Waals surface area contributed by atoms with Gasteiger partial charge < -0.3 is 10.1 Å². The smallest absolute Gasteiger partial charge is 0.0641 e. The van der Waals surface area contributed by atoms with Crippen LogP contribution in [-0.4, -0.2) is 36.1 Å². The minimum atomic E-state index is 0.370. The van der Waals surface area contributed by atoms with Gasteiger partial charge in [-0.3, -0.25) is 4.68 Å². The summed E-state index contributed by atoms with van der Waals surface area (Å²) in [6, 6.07) is 3.17. The summed E-state index contributed by atoms with van der Waals surface area (Å²) in [7, 11) is 1.77. The maximum absolute atomic E-state index is 5.30. The summed E-state index contributed by atoms with van der Waals surface area (Å²) in [6.45, 7) is 3.97. The van der Waals surface area contributed by atoms with Gasteiger partial charge in [0.25, 0.3) is 0 Å². The molecule has 1 N–H and O–H groups in total. The van der Waals surface area contributed by atoms with Crippen LogP contribution in [-0.2, 0) is 11.2 Å². The predicted octanol–water partition coefficient (Wildman–Crippen LogP) is 2.95. The molecular weight excluding hydrogens is 250 g/mol. The second-order valence-corrected chi connectivity index (χ2v) is 5.89. The van der Waals surface area contributed by atoms with Crippen LogP contribution in [0.2, 0.25) is 0 Å². The number of rotatable bonds is 8. The molecule has 0 amide bonds. The number of nitrogens with zero attached hydrogens (tertiary/aromatic N) is 2. The second kappa shape index (κ2) is 8.42. The lowest BCUT2D eigenvalue weighted by Gasteiger charge is -2.22. The van der Waals surface area contributed by atoms with Crippen LogP contribution in [0.1, 0.15) is 57.2 Å². The molecule has 1 aromatic heterocycles. The van der Waals surface area contributed by atoms with Gasteiger partial charge in [-0.1, -0.05) is 26.2 Å². The van der Waals surface area contributed by atoms with E-state index in [1.165, 1.54) is 37.8 Å². The molecule has 114 valence electrons. The molecule has 0 aromatic carbocycles. The largest absolute Gasteiger partial charge is 0.383 e. The van der Waals surface area contributed by atoms with Crippen LogP contribution in [0.25, 0.3) is 0 Å². The SMILES string of the molecule is CCCNC(COC)Cc1ccn(C2CCCCC2)n1. The molecule has 1 unspecified atom stereocenters. The van der Waals surface area contributed by atoms with Gasteiger partial charge in [-0.15, -0.1) is 0 Å². The Bertz CT molecular complexity index is 372. The highest BCUT2D eigenvalue weighted by Crippen LogP contribution is 2.27. The van der Waals surface area contributed by atoms with Crippen LogP contribution in [0.5, 0.6) is 0 Å². The van der Waals surface area contributed by atoms with Crippen LogP contribution in [0.3, 0.4) is 0 Å². The van der Waals surface area contributed by atoms with E-state index in [1.807, 2.05) is 0 Å². The highest BCUT2D eigenvalue weighted by Gasteiger charge is 2.17. The van der Waals surface area contributed by atoms with Gasteiger partial charge in [-0.05, 0) is 31.9 Å². The van der Waals surface area contributed by atoms with Crippen LogP contribution in [0.4, 0.5) is 0 Å². The van der Waals surface area contributed by atoms with E-state index < -0.39 is 0 Å². The lowest BCUT2D eigenvalue weighted by Crippen LogP contribution is -2.35. The molecule has 1 heterocycles. The summed E-state index contributed by atoms with van der Waals surface area (Å²) in [5, 5.41) is 8.32. The van der Waals surface area contributed by atoms with Crippen molar-refractivity contribution < 1.29 is 4.74 Å². The Morgan fingerprint density at radius 3 is 2.90 bits per heavy atom. The molecule has 20 heavy (non-hydrogen) atoms. The Morgan fingerprint density at radius 1 is 1.40 bits per heavy atom. The van der Waals surface area contributed by atoms with Crippen LogP contribution >= 0.6 is 0 Å². The third-order valence-electron chi connectivity index (χ3n) is 4.12. The molecule has 0 bridgehead atoms. The summed E-state index contributed by atoms with van der Waals surface area (Å²) >= 11 is 0. The fraction of sp³-hybridized carbons (Fsp3) is 0.812. The fourth-order valence-corrected chi connectivity index (χ4v) is 3.03. The van der Waals surface area contributed by atoms with Gasteiger partial charge in [0, 0.05) is 25.8 Å². The Kier molecular flexibility index (Phi) is 6.54. The number of aromatic nitrogens is 2. The molecule has 1 fully saturated rings. The molecule has 1 atom stereocenters. The zero-order valence-corrected chi connectivity index (χ0v) is 13.0. The van der Waals surface area contributed by atoms with E-state index in [9.17, 15) is 0 Å². The van der Waals surface area contributed by atoms with E-state index in [-0.39, 0.29) is 0 Å². The summed E-state index contributed by atoms with van der Waals surface area (Å²) in [6.07, 6.45) is 10.9. The molecule has 4 heteroatoms. The van der Waals surface area contributed by atoms with Crippen molar-refractivity contribution in [1.82, 2.24) is 15.1 Å². The number of hydrogen-bond acceptors (Lipinski definition) is 3. The van der Waals surface area contributed by atoms with Crippen molar-refractivity contribution in [2.75, 3.05) is 20.3 Å². The van der Waals surface area contributed by atoms with Gasteiger partial charge in [-0.2, -0.15) is 5.10 Å². The van der Waals surface area contributed by atoms with Gasteiger partial charge in [0.2, 0.25) is 0 Å². The molecule has 0 radical (unpaired) electrons. The summed E-state index contributed by atoms with van der Waals surface area (Å²) in [5.74, 6) is 0. The third kappa shape index (κ3) is 4.60. The summed E-state index contributed by atoms with van der Waals surface area (Å²) < 4.78 is 7.49. The normalized spacial score (nSPS) is 18.3. The lowest BCUT2D eigenvalue weighted by molar-refractivity contribution is 0.165. The quantitative estimate of drug-likeness (QED) is 0.795. The third-order valence-corrected chi connectivity index (χ3v) is 4.12. The predicted molar refractivity (Wildman–Crippen MR) is 82.0 cm³/mol. The topological polar surface area (TPSA) is 39.1 Å². The second-order valence-electron chi connectivity index (χ2n) is 5.89. The van der Waals surface area contributed by atoms with E-state index in [1.54, 1.807) is 7.11 Å². The highest BCUT2D eigenvalue weighted by atomic mass is 16.5. The van der Waals surface area contributed by atoms with Crippen molar-refractivity contribution >= 4 is 0 Å². The summed E-state index contributed by atoms with van der Waals surface area (Å²) in [4.78, 5) is 0. The first-order valence-corrected chi connectivity index (χ1v) is 8.09. The van der Waals surface area contributed by atoms with E-state index >= 15 is 0 Å². The molecule has 1 aromatic rings. The van der Waals surface area contributed by atoms with E-state index in [0.717, 1.165) is 26.0 Å². The van der Waals surface area contributed by atoms with Crippen LogP contribution < -0.4 is 5.32 Å². The van der Waals surface area contributed by atoms with Gasteiger partial charge in [0.05, 0.1) is 18.3 Å². The van der Waals surface area contributed by atoms with E-state index in [4.69, 9.17) is 9.84 Å². The summed E-state index contributed by atoms with van der Waals surface area (Å²) in [5.41, 5.74) is 1.18. The molecule has 4 nitrogen and oxygen atoms in total. The van der Waals surface area contributed by atoms with Crippen molar-refractivity contribution in [3.05, 3.63) is 18.0 Å². The first kappa shape index (κ1) is 15.5. The van der Waals surface area contributed by atoms with E-state index in [0.29, 0.717) is 12.1 Å². The van der Waals surface area contributed by atoms with Crippen molar-refractivity contribution in [3.8, 4) is 0 Å². The molecule has 1 saturated carbocycles. The fourth-order valence-electron chi connectivity index (χ4n) is 3.03. The monoisotopic (exact) mass is 279 g/mol. The van der Waals surface area contributed by atoms with Gasteiger partial charge in [-0.25, -0.2) is 0 Å². The standard InChI is InChI=1S/C16H29N3O/c1-3-10-17-15(13-20-2)12-14-9-11-19(18-14)16-7-5-4-6-8-16/h9,11,15-17H,3-8,10,12-13H2,1-2H3. The zero-order valence-electron chi connectivity index (χ0n) is 13.0. The average molecular weight is 279 g/mol. The zero-order chi connectivity index (χ0) is 14.2. The maximum Gasteiger partial charge on any atom is 0.0641 e. The Labute approximate surface area is 122 Å². The first-order chi connectivity index (χ1) is 9.83. The Balaban J connectivity index is 1.89. The number of hydrogen-bond donors (Lipinski definition) is 1. The average Bonchev–Trinajstić information content (AvgIpc) is 2.94. The molecule has 1 aliphatic rings. The first-order valence-electron chi connectivity index (χ1n) is 8.09. The molecule has 0 saturated heterocycles. The van der Waals surface area contributed by atoms with Crippen LogP contribution in [0, 0.1) is 0 Å². The van der Waals surface area contributed by atoms with E-state index in [2.05, 4.69) is 29.2 Å². The maximum atomic E-state index is 5.30. The molecule has 2 rings (SSSR count). The van der Waals surface area contributed by atoms with Crippen molar-refractivity contribution in [2.24, 2.45) is 0 Å². The van der Waals surface area contributed by atoms with Gasteiger partial charge in [0.1, 0.15) is 0 Å². The molecular formula is C16H29N3O. The molecule has 0 aliphatic heterocycles. The van der Waals surface area contributed by atoms with Crippen LogP contribution in [0.15, 0.2) is 12.3 Å². The van der Waals surface area contributed by atoms with Crippen molar-refractivity contribution in [3.63, 3.8) is 0 Å². The Morgan fingerprint density at radius 2 is 2.20 bits per heavy atom. The molecule has 0 spiro atoms. The Hall–Kier alpha value is -0.870. The molecule has 1 aliphatic carbocycles. The lowest BCUT2D eigenvalue weighted by atomic mass is 9.96. The van der Waals surface area contributed by atoms with Gasteiger partial charge in [0.15, 0.2) is 0 Å². The van der Waals surface area contributed by atoms with Crippen molar-refractivity contribution in [2.45, 2.75) is 64.0 Å². The van der Waals surface area contributed by atoms with Crippen molar-refractivity contribution in [1.29, 1.82) is 0 Å². The minimum Gasteiger partial charge on any atom is -0.383 e.